The molecule has 76 valence electrons. The second-order valence-electron chi connectivity index (χ2n) is 2.00. The van der Waals surface area contributed by atoms with Gasteiger partial charge in [-0.25, -0.2) is 8.42 Å². The van der Waals surface area contributed by atoms with Crippen molar-refractivity contribution in [2.75, 3.05) is 0 Å². The first kappa shape index (κ1) is 26.7. The number of carboxylic acid groups (broad SMARTS) is 2. The van der Waals surface area contributed by atoms with Crippen molar-refractivity contribution in [3.63, 3.8) is 0 Å². The minimum absolute atomic E-state index is 0. The van der Waals surface area contributed by atoms with Gasteiger partial charge in [0.05, 0.1) is 17.2 Å². The average molecular weight is 296 g/mol. The molecule has 7 nitrogen and oxygen atoms in total. The van der Waals surface area contributed by atoms with Crippen LogP contribution < -0.4 is 98.9 Å². The third kappa shape index (κ3) is 9.17. The summed E-state index contributed by atoms with van der Waals surface area (Å²) in [4.78, 5) is 20.1. The summed E-state index contributed by atoms with van der Waals surface area (Å²) >= 11 is 3.09. The molecule has 0 rings (SSSR count). The maximum absolute atomic E-state index is 10.2. The molecule has 2 atom stereocenters. The number of hydrogen-bond donors (Lipinski definition) is 1. The van der Waals surface area contributed by atoms with Crippen LogP contribution >= 0.6 is 12.6 Å². The van der Waals surface area contributed by atoms with Gasteiger partial charge in [-0.3, -0.25) is 0 Å². The predicted molar refractivity (Wildman–Crippen MR) is 36.3 cm³/mol. The van der Waals surface area contributed by atoms with E-state index in [1.807, 2.05) is 0 Å². The molecule has 0 aromatic carbocycles. The zero-order valence-electron chi connectivity index (χ0n) is 8.87. The molecule has 0 aromatic heterocycles. The molecule has 0 fully saturated rings. The molecule has 16 heavy (non-hydrogen) atoms. The number of rotatable bonds is 4. The maximum atomic E-state index is 10.2. The van der Waals surface area contributed by atoms with E-state index in [4.69, 9.17) is 0 Å². The van der Waals surface area contributed by atoms with E-state index in [9.17, 15) is 32.8 Å². The molecule has 0 amide bonds. The van der Waals surface area contributed by atoms with Crippen LogP contribution in [0.2, 0.25) is 0 Å². The molecule has 0 aliphatic rings. The maximum Gasteiger partial charge on any atom is 1.00 e. The summed E-state index contributed by atoms with van der Waals surface area (Å²) in [5, 5.41) is 15.1. The van der Waals surface area contributed by atoms with E-state index in [1.54, 1.807) is 0 Å². The molecule has 0 bridgehead atoms. The Kier molecular flexibility index (Phi) is 18.5. The fourth-order valence-corrected chi connectivity index (χ4v) is 1.76. The Labute approximate surface area is 164 Å². The van der Waals surface area contributed by atoms with E-state index < -0.39 is 32.6 Å². The first-order valence-electron chi connectivity index (χ1n) is 2.72. The molecule has 0 heterocycles. The first-order valence-corrected chi connectivity index (χ1v) is 4.71. The van der Waals surface area contributed by atoms with E-state index in [0.29, 0.717) is 0 Å². The Hall–Kier alpha value is 2.20. The van der Waals surface area contributed by atoms with Crippen molar-refractivity contribution in [2.45, 2.75) is 10.5 Å². The predicted octanol–water partition coefficient (Wildman–Crippen LogP) is -13.3. The van der Waals surface area contributed by atoms with Gasteiger partial charge in [0.2, 0.25) is 0 Å². The number of aliphatic carboxylic acids is 2. The topological polar surface area (TPSA) is 137 Å². The summed E-state index contributed by atoms with van der Waals surface area (Å²) in [5.41, 5.74) is 0. The van der Waals surface area contributed by atoms with E-state index in [0.717, 1.165) is 0 Å². The minimum Gasteiger partial charge on any atom is -0.747 e. The molecule has 0 saturated carbocycles. The molecule has 0 aliphatic heterocycles. The van der Waals surface area contributed by atoms with Gasteiger partial charge in [0, 0.05) is 0 Å². The molecule has 0 radical (unpaired) electrons. The number of carbonyl (C=O) groups excluding carboxylic acids is 2. The van der Waals surface area contributed by atoms with Crippen molar-refractivity contribution >= 4 is 34.7 Å². The number of carbonyl (C=O) groups is 2. The Morgan fingerprint density at radius 3 is 1.38 bits per heavy atom. The van der Waals surface area contributed by atoms with Gasteiger partial charge in [0.15, 0.2) is 0 Å². The summed E-state index contributed by atoms with van der Waals surface area (Å²) in [5.74, 6) is -4.39. The first-order chi connectivity index (χ1) is 5.68. The van der Waals surface area contributed by atoms with Gasteiger partial charge in [-0.05, 0) is 0 Å². The van der Waals surface area contributed by atoms with Crippen molar-refractivity contribution in [3.8, 4) is 0 Å². The van der Waals surface area contributed by atoms with E-state index in [-0.39, 0.29) is 88.7 Å². The number of carboxylic acids is 2. The van der Waals surface area contributed by atoms with Crippen molar-refractivity contribution in [3.05, 3.63) is 0 Å². The molecular formula is C4H3Na3O7S2. The Morgan fingerprint density at radius 1 is 1.00 bits per heavy atom. The molecule has 0 spiro atoms. The van der Waals surface area contributed by atoms with Crippen LogP contribution in [0.4, 0.5) is 0 Å². The third-order valence-electron chi connectivity index (χ3n) is 1.07. The molecule has 12 heteroatoms. The average Bonchev–Trinajstić information content (AvgIpc) is 1.82. The molecular weight excluding hydrogens is 293 g/mol. The Balaban J connectivity index is -0.000000240. The fourth-order valence-electron chi connectivity index (χ4n) is 0.528. The van der Waals surface area contributed by atoms with Crippen LogP contribution in [-0.2, 0) is 19.7 Å². The zero-order chi connectivity index (χ0) is 10.8. The largest absolute Gasteiger partial charge is 1.00 e. The smallest absolute Gasteiger partial charge is 0.747 e. The van der Waals surface area contributed by atoms with Crippen LogP contribution in [0.15, 0.2) is 0 Å². The van der Waals surface area contributed by atoms with Crippen molar-refractivity contribution in [1.82, 2.24) is 0 Å². The standard InChI is InChI=1S/C4H6O7S2.3Na/c5-3(6)1(12)2(4(7)8)13(9,10)11;;;/h1-2,12H,(H,5,6)(H,7,8)(H,9,10,11);;;/q;3*+1/p-3. The van der Waals surface area contributed by atoms with Crippen LogP contribution in [-0.4, -0.2) is 35.4 Å². The second-order valence-corrected chi connectivity index (χ2v) is 4.05. The summed E-state index contributed by atoms with van der Waals surface area (Å²) < 4.78 is 30.6. The third-order valence-corrected chi connectivity index (χ3v) is 2.87. The van der Waals surface area contributed by atoms with Gasteiger partial charge < -0.3 is 24.4 Å². The molecule has 0 saturated heterocycles. The summed E-state index contributed by atoms with van der Waals surface area (Å²) in [6.45, 7) is 0. The quantitative estimate of drug-likeness (QED) is 0.309. The normalized spacial score (nSPS) is 13.1. The van der Waals surface area contributed by atoms with E-state index in [1.165, 1.54) is 0 Å². The second kappa shape index (κ2) is 11.1. The zero-order valence-corrected chi connectivity index (χ0v) is 16.6. The van der Waals surface area contributed by atoms with Crippen molar-refractivity contribution in [2.24, 2.45) is 0 Å². The van der Waals surface area contributed by atoms with Gasteiger partial charge in [-0.2, -0.15) is 12.6 Å². The van der Waals surface area contributed by atoms with E-state index in [2.05, 4.69) is 12.6 Å². The SMILES string of the molecule is O=C([O-])C(S)C(C(=O)[O-])S(=O)(=O)[O-].[Na+].[Na+].[Na+]. The van der Waals surface area contributed by atoms with Crippen LogP contribution in [0.1, 0.15) is 0 Å². The fraction of sp³-hybridized carbons (Fsp3) is 0.500. The minimum atomic E-state index is -5.32. The molecule has 0 aromatic rings. The van der Waals surface area contributed by atoms with E-state index >= 15 is 0 Å². The molecule has 0 N–H and O–H groups in total. The van der Waals surface area contributed by atoms with Gasteiger partial charge in [-0.15, -0.1) is 0 Å². The monoisotopic (exact) mass is 296 g/mol. The molecule has 2 unspecified atom stereocenters. The van der Waals surface area contributed by atoms with Crippen LogP contribution in [0, 0.1) is 0 Å². The summed E-state index contributed by atoms with van der Waals surface area (Å²) in [6.07, 6.45) is 0. The van der Waals surface area contributed by atoms with Gasteiger partial charge in [0.25, 0.3) is 0 Å². The summed E-state index contributed by atoms with van der Waals surface area (Å²) in [6, 6.07) is 0. The van der Waals surface area contributed by atoms with Gasteiger partial charge >= 0.3 is 88.7 Å². The van der Waals surface area contributed by atoms with Crippen molar-refractivity contribution < 1.29 is 121 Å². The number of thiol groups is 1. The summed E-state index contributed by atoms with van der Waals surface area (Å²) in [7, 11) is -5.32. The van der Waals surface area contributed by atoms with Crippen LogP contribution in [0.25, 0.3) is 0 Å². The van der Waals surface area contributed by atoms with Crippen LogP contribution in [0.3, 0.4) is 0 Å². The molecule has 0 aliphatic carbocycles. The van der Waals surface area contributed by atoms with Gasteiger partial charge in [-0.1, -0.05) is 0 Å². The number of hydrogen-bond acceptors (Lipinski definition) is 8. The Morgan fingerprint density at radius 2 is 1.31 bits per heavy atom. The Bertz CT molecular complexity index is 329. The van der Waals surface area contributed by atoms with Gasteiger partial charge in [0.1, 0.15) is 15.4 Å². The van der Waals surface area contributed by atoms with Crippen molar-refractivity contribution in [1.29, 1.82) is 0 Å². The van der Waals surface area contributed by atoms with Crippen LogP contribution in [0.5, 0.6) is 0 Å².